The van der Waals surface area contributed by atoms with Crippen LogP contribution in [0.15, 0.2) is 59.5 Å². The first-order valence-electron chi connectivity index (χ1n) is 6.96. The van der Waals surface area contributed by atoms with Crippen molar-refractivity contribution in [1.29, 1.82) is 0 Å². The number of thioether (sulfide) groups is 1. The van der Waals surface area contributed by atoms with Gasteiger partial charge in [0.25, 0.3) is 0 Å². The highest BCUT2D eigenvalue weighted by molar-refractivity contribution is 8.00. The lowest BCUT2D eigenvalue weighted by Crippen LogP contribution is -2.24. The number of nitrogens with one attached hydrogen (secondary N) is 1. The highest BCUT2D eigenvalue weighted by atomic mass is 32.2. The summed E-state index contributed by atoms with van der Waals surface area (Å²) in [6.07, 6.45) is 0.707. The fourth-order valence-electron chi connectivity index (χ4n) is 1.90. The summed E-state index contributed by atoms with van der Waals surface area (Å²) in [4.78, 5) is 24.2. The number of hydrogen-bond acceptors (Lipinski definition) is 3. The molecule has 0 radical (unpaired) electrons. The summed E-state index contributed by atoms with van der Waals surface area (Å²) in [7, 11) is 0. The lowest BCUT2D eigenvalue weighted by atomic mass is 10.2. The van der Waals surface area contributed by atoms with Gasteiger partial charge >= 0.3 is 5.97 Å². The number of carbonyl (C=O) groups excluding carboxylic acids is 1. The van der Waals surface area contributed by atoms with Gasteiger partial charge in [0.15, 0.2) is 0 Å². The van der Waals surface area contributed by atoms with Gasteiger partial charge in [0, 0.05) is 10.6 Å². The Bertz CT molecular complexity index is 641. The van der Waals surface area contributed by atoms with Crippen molar-refractivity contribution in [3.63, 3.8) is 0 Å². The van der Waals surface area contributed by atoms with E-state index in [2.05, 4.69) is 5.32 Å². The van der Waals surface area contributed by atoms with Crippen LogP contribution in [0.5, 0.6) is 0 Å². The molecular weight excluding hydrogens is 298 g/mol. The SMILES string of the molecule is CCC(Sc1ccccc1)C(=O)Nc1ccc(C(=O)O)cc1. The van der Waals surface area contributed by atoms with Crippen molar-refractivity contribution in [2.24, 2.45) is 0 Å². The summed E-state index contributed by atoms with van der Waals surface area (Å²) in [5.74, 6) is -1.07. The molecule has 1 amide bonds. The van der Waals surface area contributed by atoms with Gasteiger partial charge in [-0.3, -0.25) is 4.79 Å². The number of hydrogen-bond donors (Lipinski definition) is 2. The van der Waals surface area contributed by atoms with E-state index in [4.69, 9.17) is 5.11 Å². The van der Waals surface area contributed by atoms with Gasteiger partial charge in [0.05, 0.1) is 10.8 Å². The molecule has 22 heavy (non-hydrogen) atoms. The van der Waals surface area contributed by atoms with Crippen molar-refractivity contribution in [3.8, 4) is 0 Å². The summed E-state index contributed by atoms with van der Waals surface area (Å²) in [6.45, 7) is 1.97. The monoisotopic (exact) mass is 315 g/mol. The first-order valence-corrected chi connectivity index (χ1v) is 7.84. The lowest BCUT2D eigenvalue weighted by Gasteiger charge is -2.14. The Morgan fingerprint density at radius 3 is 2.27 bits per heavy atom. The molecule has 5 heteroatoms. The van der Waals surface area contributed by atoms with Gasteiger partial charge in [-0.1, -0.05) is 25.1 Å². The molecule has 0 aliphatic heterocycles. The molecule has 1 atom stereocenters. The molecular formula is C17H17NO3S. The van der Waals surface area contributed by atoms with E-state index in [1.54, 1.807) is 12.1 Å². The van der Waals surface area contributed by atoms with E-state index in [1.165, 1.54) is 23.9 Å². The van der Waals surface area contributed by atoms with Crippen LogP contribution in [0.1, 0.15) is 23.7 Å². The van der Waals surface area contributed by atoms with Gasteiger partial charge in [-0.2, -0.15) is 0 Å². The van der Waals surface area contributed by atoms with E-state index in [9.17, 15) is 9.59 Å². The van der Waals surface area contributed by atoms with E-state index in [0.29, 0.717) is 12.1 Å². The minimum atomic E-state index is -0.982. The second-order valence-electron chi connectivity index (χ2n) is 4.70. The van der Waals surface area contributed by atoms with Crippen LogP contribution in [0.3, 0.4) is 0 Å². The summed E-state index contributed by atoms with van der Waals surface area (Å²) < 4.78 is 0. The minimum absolute atomic E-state index is 0.0839. The van der Waals surface area contributed by atoms with E-state index < -0.39 is 5.97 Å². The third kappa shape index (κ3) is 4.36. The quantitative estimate of drug-likeness (QED) is 0.794. The van der Waals surface area contributed by atoms with Crippen LogP contribution in [0.2, 0.25) is 0 Å². The molecule has 2 rings (SSSR count). The molecule has 0 heterocycles. The third-order valence-corrected chi connectivity index (χ3v) is 4.46. The fourth-order valence-corrected chi connectivity index (χ4v) is 2.88. The maximum absolute atomic E-state index is 12.3. The van der Waals surface area contributed by atoms with Crippen molar-refractivity contribution in [2.45, 2.75) is 23.5 Å². The molecule has 0 aromatic heterocycles. The number of benzene rings is 2. The van der Waals surface area contributed by atoms with Crippen molar-refractivity contribution >= 4 is 29.3 Å². The van der Waals surface area contributed by atoms with Crippen LogP contribution in [-0.4, -0.2) is 22.2 Å². The van der Waals surface area contributed by atoms with Gasteiger partial charge in [-0.25, -0.2) is 4.79 Å². The summed E-state index contributed by atoms with van der Waals surface area (Å²) in [5, 5.41) is 11.5. The molecule has 0 spiro atoms. The van der Waals surface area contributed by atoms with Crippen LogP contribution < -0.4 is 5.32 Å². The normalized spacial score (nSPS) is 11.7. The second-order valence-corrected chi connectivity index (χ2v) is 5.98. The Labute approximate surface area is 133 Å². The number of aromatic carboxylic acids is 1. The highest BCUT2D eigenvalue weighted by Crippen LogP contribution is 2.26. The maximum Gasteiger partial charge on any atom is 0.335 e. The smallest absolute Gasteiger partial charge is 0.335 e. The number of carboxylic acids is 1. The molecule has 4 nitrogen and oxygen atoms in total. The van der Waals surface area contributed by atoms with Crippen molar-refractivity contribution in [3.05, 3.63) is 60.2 Å². The zero-order chi connectivity index (χ0) is 15.9. The number of carbonyl (C=O) groups is 2. The Morgan fingerprint density at radius 2 is 1.73 bits per heavy atom. The van der Waals surface area contributed by atoms with Gasteiger partial charge in [-0.15, -0.1) is 11.8 Å². The van der Waals surface area contributed by atoms with Crippen LogP contribution in [0.25, 0.3) is 0 Å². The largest absolute Gasteiger partial charge is 0.478 e. The minimum Gasteiger partial charge on any atom is -0.478 e. The molecule has 0 saturated heterocycles. The highest BCUT2D eigenvalue weighted by Gasteiger charge is 2.18. The molecule has 2 aromatic carbocycles. The van der Waals surface area contributed by atoms with E-state index in [-0.39, 0.29) is 16.7 Å². The van der Waals surface area contributed by atoms with E-state index >= 15 is 0 Å². The molecule has 0 aliphatic carbocycles. The fraction of sp³-hybridized carbons (Fsp3) is 0.176. The number of anilines is 1. The summed E-state index contributed by atoms with van der Waals surface area (Å²) >= 11 is 1.52. The average Bonchev–Trinajstić information content (AvgIpc) is 2.54. The van der Waals surface area contributed by atoms with Crippen LogP contribution in [-0.2, 0) is 4.79 Å². The Kier molecular flexibility index (Phi) is 5.61. The molecule has 1 unspecified atom stereocenters. The summed E-state index contributed by atoms with van der Waals surface area (Å²) in [6, 6.07) is 15.9. The van der Waals surface area contributed by atoms with E-state index in [1.807, 2.05) is 37.3 Å². The topological polar surface area (TPSA) is 66.4 Å². The Balaban J connectivity index is 2.01. The van der Waals surface area contributed by atoms with Crippen molar-refractivity contribution in [2.75, 3.05) is 5.32 Å². The van der Waals surface area contributed by atoms with Crippen LogP contribution in [0.4, 0.5) is 5.69 Å². The predicted octanol–water partition coefficient (Wildman–Crippen LogP) is 3.89. The molecule has 0 aliphatic rings. The average molecular weight is 315 g/mol. The summed E-state index contributed by atoms with van der Waals surface area (Å²) in [5.41, 5.74) is 0.797. The standard InChI is InChI=1S/C17H17NO3S/c1-2-15(22-14-6-4-3-5-7-14)16(19)18-13-10-8-12(9-11-13)17(20)21/h3-11,15H,2H2,1H3,(H,18,19)(H,20,21). The third-order valence-electron chi connectivity index (χ3n) is 3.08. The zero-order valence-electron chi connectivity index (χ0n) is 12.2. The first-order chi connectivity index (χ1) is 10.6. The van der Waals surface area contributed by atoms with Crippen LogP contribution in [0, 0.1) is 0 Å². The predicted molar refractivity (Wildman–Crippen MR) is 88.4 cm³/mol. The van der Waals surface area contributed by atoms with Gasteiger partial charge in [-0.05, 0) is 42.8 Å². The number of amides is 1. The van der Waals surface area contributed by atoms with Gasteiger partial charge < -0.3 is 10.4 Å². The number of rotatable bonds is 6. The Morgan fingerprint density at radius 1 is 1.09 bits per heavy atom. The molecule has 2 aromatic rings. The maximum atomic E-state index is 12.3. The van der Waals surface area contributed by atoms with Gasteiger partial charge in [0.1, 0.15) is 0 Å². The zero-order valence-corrected chi connectivity index (χ0v) is 13.0. The second kappa shape index (κ2) is 7.66. The molecule has 0 bridgehead atoms. The van der Waals surface area contributed by atoms with Crippen molar-refractivity contribution in [1.82, 2.24) is 0 Å². The Hall–Kier alpha value is -2.27. The number of carboxylic acid groups (broad SMARTS) is 1. The van der Waals surface area contributed by atoms with Gasteiger partial charge in [0.2, 0.25) is 5.91 Å². The van der Waals surface area contributed by atoms with E-state index in [0.717, 1.165) is 4.90 Å². The molecule has 114 valence electrons. The van der Waals surface area contributed by atoms with Crippen LogP contribution >= 0.6 is 11.8 Å². The van der Waals surface area contributed by atoms with Crippen molar-refractivity contribution < 1.29 is 14.7 Å². The molecule has 0 fully saturated rings. The molecule has 2 N–H and O–H groups in total. The first kappa shape index (κ1) is 16.1. The lowest BCUT2D eigenvalue weighted by molar-refractivity contribution is -0.115. The molecule has 0 saturated carbocycles.